The van der Waals surface area contributed by atoms with E-state index < -0.39 is 4.92 Å². The summed E-state index contributed by atoms with van der Waals surface area (Å²) in [5.41, 5.74) is 1.53. The van der Waals surface area contributed by atoms with E-state index in [0.29, 0.717) is 11.4 Å². The quantitative estimate of drug-likeness (QED) is 0.532. The Labute approximate surface area is 145 Å². The second kappa shape index (κ2) is 6.85. The van der Waals surface area contributed by atoms with Crippen LogP contribution in [0.25, 0.3) is 5.69 Å². The second-order valence-corrected chi connectivity index (χ2v) is 5.91. The van der Waals surface area contributed by atoms with Crippen LogP contribution in [-0.4, -0.2) is 32.2 Å². The number of rotatable bonds is 5. The van der Waals surface area contributed by atoms with Crippen molar-refractivity contribution < 1.29 is 4.92 Å². The number of benzene rings is 2. The maximum absolute atomic E-state index is 11.0. The molecule has 0 unspecified atom stereocenters. The van der Waals surface area contributed by atoms with Gasteiger partial charge in [0.05, 0.1) is 16.7 Å². The van der Waals surface area contributed by atoms with Gasteiger partial charge in [0, 0.05) is 16.6 Å². The van der Waals surface area contributed by atoms with Crippen LogP contribution in [0.1, 0.15) is 17.4 Å². The molecule has 1 aromatic heterocycles. The fraction of sp³-hybridized carbons (Fsp3) is 0.133. The van der Waals surface area contributed by atoms with Crippen LogP contribution in [0.15, 0.2) is 53.0 Å². The van der Waals surface area contributed by atoms with Crippen LogP contribution < -0.4 is 5.32 Å². The van der Waals surface area contributed by atoms with Gasteiger partial charge in [-0.1, -0.05) is 28.1 Å². The van der Waals surface area contributed by atoms with Gasteiger partial charge >= 0.3 is 0 Å². The average molecular weight is 389 g/mol. The van der Waals surface area contributed by atoms with E-state index in [1.165, 1.54) is 12.1 Å². The number of nitrogens with zero attached hydrogens (tertiary/aromatic N) is 5. The smallest absolute Gasteiger partial charge is 0.269 e. The molecule has 1 N–H and O–H groups in total. The first-order chi connectivity index (χ1) is 11.6. The molecule has 0 saturated heterocycles. The summed E-state index contributed by atoms with van der Waals surface area (Å²) in [7, 11) is 1.75. The summed E-state index contributed by atoms with van der Waals surface area (Å²) in [6.07, 6.45) is 0. The minimum Gasteiger partial charge on any atom is -0.307 e. The Hall–Kier alpha value is -2.65. The summed E-state index contributed by atoms with van der Waals surface area (Å²) < 4.78 is 2.55. The third kappa shape index (κ3) is 3.17. The van der Waals surface area contributed by atoms with Crippen molar-refractivity contribution in [1.29, 1.82) is 0 Å². The summed E-state index contributed by atoms with van der Waals surface area (Å²) >= 11 is 3.39. The van der Waals surface area contributed by atoms with Crippen LogP contribution in [0, 0.1) is 10.1 Å². The first-order valence-corrected chi connectivity index (χ1v) is 7.85. The van der Waals surface area contributed by atoms with Crippen LogP contribution in [-0.2, 0) is 0 Å². The normalized spacial score (nSPS) is 12.1. The molecule has 0 spiro atoms. The third-order valence-corrected chi connectivity index (χ3v) is 4.05. The molecule has 0 bridgehead atoms. The lowest BCUT2D eigenvalue weighted by molar-refractivity contribution is -0.384. The Balaban J connectivity index is 2.04. The molecule has 0 saturated carbocycles. The fourth-order valence-corrected chi connectivity index (χ4v) is 2.67. The number of hydrogen-bond acceptors (Lipinski definition) is 6. The molecule has 0 radical (unpaired) electrons. The van der Waals surface area contributed by atoms with Crippen LogP contribution in [0.3, 0.4) is 0 Å². The molecule has 0 fully saturated rings. The van der Waals surface area contributed by atoms with E-state index in [4.69, 9.17) is 0 Å². The van der Waals surface area contributed by atoms with Gasteiger partial charge in [-0.25, -0.2) is 0 Å². The Morgan fingerprint density at radius 1 is 1.25 bits per heavy atom. The van der Waals surface area contributed by atoms with Gasteiger partial charge < -0.3 is 5.32 Å². The molecule has 122 valence electrons. The summed E-state index contributed by atoms with van der Waals surface area (Å²) in [4.78, 5) is 10.6. The summed E-state index contributed by atoms with van der Waals surface area (Å²) in [6, 6.07) is 13.6. The molecule has 2 aromatic carbocycles. The van der Waals surface area contributed by atoms with Crippen molar-refractivity contribution in [3.63, 3.8) is 0 Å². The lowest BCUT2D eigenvalue weighted by Crippen LogP contribution is -2.22. The monoisotopic (exact) mass is 388 g/mol. The number of non-ortho nitro benzene ring substituents is 1. The Kier molecular flexibility index (Phi) is 4.63. The first kappa shape index (κ1) is 16.2. The van der Waals surface area contributed by atoms with Crippen molar-refractivity contribution in [2.24, 2.45) is 0 Å². The lowest BCUT2D eigenvalue weighted by atomic mass is 10.1. The SMILES string of the molecule is CN[C@H](c1cccc([N+](=O)[O-])c1)c1nnnn1-c1ccc(Br)cc1. The fourth-order valence-electron chi connectivity index (χ4n) is 2.40. The van der Waals surface area contributed by atoms with Gasteiger partial charge in [0.25, 0.3) is 5.69 Å². The van der Waals surface area contributed by atoms with Gasteiger partial charge in [0.15, 0.2) is 5.82 Å². The molecule has 0 aliphatic rings. The number of nitrogens with one attached hydrogen (secondary N) is 1. The number of nitro benzene ring substituents is 1. The molecular formula is C15H13BrN6O2. The van der Waals surface area contributed by atoms with Gasteiger partial charge in [-0.3, -0.25) is 10.1 Å². The topological polar surface area (TPSA) is 98.8 Å². The standard InChI is InChI=1S/C15H13BrN6O2/c1-17-14(10-3-2-4-13(9-10)22(23)24)15-18-19-20-21(15)12-7-5-11(16)6-8-12/h2-9,14,17H,1H3/t14-/m1/s1. The molecule has 0 amide bonds. The number of aromatic nitrogens is 4. The van der Waals surface area contributed by atoms with Crippen LogP contribution in [0.2, 0.25) is 0 Å². The van der Waals surface area contributed by atoms with Crippen molar-refractivity contribution in [2.45, 2.75) is 6.04 Å². The predicted molar refractivity (Wildman–Crippen MR) is 90.9 cm³/mol. The predicted octanol–water partition coefficient (Wildman–Crippen LogP) is 2.64. The van der Waals surface area contributed by atoms with E-state index in [2.05, 4.69) is 36.8 Å². The van der Waals surface area contributed by atoms with E-state index in [-0.39, 0.29) is 11.7 Å². The Morgan fingerprint density at radius 3 is 2.67 bits per heavy atom. The molecule has 3 aromatic rings. The zero-order valence-corrected chi connectivity index (χ0v) is 14.2. The zero-order valence-electron chi connectivity index (χ0n) is 12.6. The number of nitro groups is 1. The molecule has 24 heavy (non-hydrogen) atoms. The molecule has 0 aliphatic carbocycles. The van der Waals surface area contributed by atoms with Gasteiger partial charge in [-0.2, -0.15) is 4.68 Å². The van der Waals surface area contributed by atoms with Crippen molar-refractivity contribution in [2.75, 3.05) is 7.05 Å². The minimum absolute atomic E-state index is 0.0235. The number of tetrazole rings is 1. The van der Waals surface area contributed by atoms with E-state index in [0.717, 1.165) is 10.2 Å². The van der Waals surface area contributed by atoms with Crippen LogP contribution in [0.4, 0.5) is 5.69 Å². The highest BCUT2D eigenvalue weighted by Gasteiger charge is 2.22. The minimum atomic E-state index is -0.423. The highest BCUT2D eigenvalue weighted by atomic mass is 79.9. The molecule has 0 aliphatic heterocycles. The Bertz CT molecular complexity index is 864. The average Bonchev–Trinajstić information content (AvgIpc) is 3.06. The molecule has 9 heteroatoms. The first-order valence-electron chi connectivity index (χ1n) is 7.06. The maximum atomic E-state index is 11.0. The van der Waals surface area contributed by atoms with Crippen LogP contribution in [0.5, 0.6) is 0 Å². The Morgan fingerprint density at radius 2 is 2.00 bits per heavy atom. The van der Waals surface area contributed by atoms with Gasteiger partial charge in [0.1, 0.15) is 0 Å². The molecule has 8 nitrogen and oxygen atoms in total. The maximum Gasteiger partial charge on any atom is 0.269 e. The molecular weight excluding hydrogens is 376 g/mol. The van der Waals surface area contributed by atoms with Crippen molar-refractivity contribution in [1.82, 2.24) is 25.5 Å². The number of halogens is 1. The molecule has 1 heterocycles. The third-order valence-electron chi connectivity index (χ3n) is 3.53. The van der Waals surface area contributed by atoms with Crippen molar-refractivity contribution in [3.8, 4) is 5.69 Å². The van der Waals surface area contributed by atoms with E-state index in [1.807, 2.05) is 24.3 Å². The van der Waals surface area contributed by atoms with E-state index in [9.17, 15) is 10.1 Å². The summed E-state index contributed by atoms with van der Waals surface area (Å²) in [5.74, 6) is 0.542. The van der Waals surface area contributed by atoms with Crippen LogP contribution >= 0.6 is 15.9 Å². The van der Waals surface area contributed by atoms with Gasteiger partial charge in [-0.05, 0) is 47.3 Å². The van der Waals surface area contributed by atoms with Gasteiger partial charge in [-0.15, -0.1) is 5.10 Å². The number of hydrogen-bond donors (Lipinski definition) is 1. The molecule has 3 rings (SSSR count). The van der Waals surface area contributed by atoms with E-state index >= 15 is 0 Å². The second-order valence-electron chi connectivity index (χ2n) is 5.00. The van der Waals surface area contributed by atoms with Crippen molar-refractivity contribution in [3.05, 3.63) is 74.5 Å². The summed E-state index contributed by atoms with van der Waals surface area (Å²) in [6.45, 7) is 0. The largest absolute Gasteiger partial charge is 0.307 e. The highest BCUT2D eigenvalue weighted by molar-refractivity contribution is 9.10. The summed E-state index contributed by atoms with van der Waals surface area (Å²) in [5, 5.41) is 26.0. The van der Waals surface area contributed by atoms with E-state index in [1.54, 1.807) is 23.9 Å². The van der Waals surface area contributed by atoms with Gasteiger partial charge in [0.2, 0.25) is 0 Å². The molecule has 1 atom stereocenters. The lowest BCUT2D eigenvalue weighted by Gasteiger charge is -2.16. The highest BCUT2D eigenvalue weighted by Crippen LogP contribution is 2.25. The zero-order chi connectivity index (χ0) is 17.1. The van der Waals surface area contributed by atoms with Crippen molar-refractivity contribution >= 4 is 21.6 Å².